The van der Waals surface area contributed by atoms with Gasteiger partial charge in [0.1, 0.15) is 23.6 Å². The van der Waals surface area contributed by atoms with Gasteiger partial charge in [0.25, 0.3) is 0 Å². The molecule has 0 unspecified atom stereocenters. The number of ether oxygens (including phenoxy) is 1. The van der Waals surface area contributed by atoms with Crippen LogP contribution in [0.25, 0.3) is 0 Å². The topological polar surface area (TPSA) is 66.2 Å². The molecule has 0 radical (unpaired) electrons. The van der Waals surface area contributed by atoms with Crippen molar-refractivity contribution in [1.82, 2.24) is 9.88 Å². The lowest BCUT2D eigenvalue weighted by Crippen LogP contribution is -2.58. The Kier molecular flexibility index (Phi) is 3.43. The summed E-state index contributed by atoms with van der Waals surface area (Å²) >= 11 is 0. The van der Waals surface area contributed by atoms with Crippen LogP contribution < -0.4 is 4.74 Å². The fraction of sp³-hybridized carbons (Fsp3) is 0.500. The first-order valence-electron chi connectivity index (χ1n) is 6.22. The van der Waals surface area contributed by atoms with Gasteiger partial charge in [-0.3, -0.25) is 4.79 Å². The molecule has 1 saturated heterocycles. The molecule has 5 heteroatoms. The highest BCUT2D eigenvalue weighted by Crippen LogP contribution is 2.24. The maximum Gasteiger partial charge on any atom is 0.228 e. The third kappa shape index (κ3) is 3.02. The van der Waals surface area contributed by atoms with Crippen molar-refractivity contribution in [3.05, 3.63) is 24.0 Å². The molecule has 0 aromatic carbocycles. The molecule has 1 amide bonds. The molecule has 1 aliphatic rings. The molecule has 1 fully saturated rings. The summed E-state index contributed by atoms with van der Waals surface area (Å²) < 4.78 is 5.70. The Morgan fingerprint density at radius 2 is 2.21 bits per heavy atom. The molecule has 5 nitrogen and oxygen atoms in total. The van der Waals surface area contributed by atoms with Crippen LogP contribution in [-0.2, 0) is 4.79 Å². The molecular weight excluding hydrogens is 242 g/mol. The van der Waals surface area contributed by atoms with Crippen molar-refractivity contribution in [1.29, 1.82) is 5.26 Å². The van der Waals surface area contributed by atoms with E-state index in [2.05, 4.69) is 4.98 Å². The van der Waals surface area contributed by atoms with Crippen LogP contribution in [0.2, 0.25) is 0 Å². The summed E-state index contributed by atoms with van der Waals surface area (Å²) in [5.41, 5.74) is -0.0188. The van der Waals surface area contributed by atoms with Gasteiger partial charge < -0.3 is 9.64 Å². The van der Waals surface area contributed by atoms with Crippen molar-refractivity contribution in [2.45, 2.75) is 26.9 Å². The molecule has 0 N–H and O–H groups in total. The lowest BCUT2D eigenvalue weighted by atomic mass is 9.93. The largest absolute Gasteiger partial charge is 0.487 e. The second kappa shape index (κ2) is 4.88. The molecule has 1 aromatic rings. The standard InChI is InChI=1S/C14H17N3O2/c1-14(2,3)13(18)17-8-12(9-17)19-11-4-5-16-10(6-11)7-15/h4-6,12H,8-9H2,1-3H3. The number of hydrogen-bond donors (Lipinski definition) is 0. The number of amides is 1. The average Bonchev–Trinajstić information content (AvgIpc) is 2.31. The third-order valence-electron chi connectivity index (χ3n) is 2.93. The SMILES string of the molecule is CC(C)(C)C(=O)N1CC(Oc2ccnc(C#N)c2)C1. The zero-order chi connectivity index (χ0) is 14.0. The molecule has 0 aliphatic carbocycles. The lowest BCUT2D eigenvalue weighted by Gasteiger charge is -2.41. The highest BCUT2D eigenvalue weighted by molar-refractivity contribution is 5.82. The fourth-order valence-corrected chi connectivity index (χ4v) is 1.89. The summed E-state index contributed by atoms with van der Waals surface area (Å²) in [5, 5.41) is 8.75. The van der Waals surface area contributed by atoms with Gasteiger partial charge in [-0.2, -0.15) is 5.26 Å². The average molecular weight is 259 g/mol. The molecule has 0 saturated carbocycles. The van der Waals surface area contributed by atoms with Gasteiger partial charge in [-0.1, -0.05) is 20.8 Å². The van der Waals surface area contributed by atoms with Crippen molar-refractivity contribution in [2.24, 2.45) is 5.41 Å². The number of carbonyl (C=O) groups excluding carboxylic acids is 1. The van der Waals surface area contributed by atoms with Crippen molar-refractivity contribution in [3.63, 3.8) is 0 Å². The van der Waals surface area contributed by atoms with E-state index in [-0.39, 0.29) is 17.4 Å². The molecule has 2 rings (SSSR count). The minimum absolute atomic E-state index is 0.000225. The van der Waals surface area contributed by atoms with Gasteiger partial charge in [-0.05, 0) is 6.07 Å². The van der Waals surface area contributed by atoms with E-state index >= 15 is 0 Å². The number of aromatic nitrogens is 1. The maximum atomic E-state index is 12.0. The number of pyridine rings is 1. The number of rotatable bonds is 2. The van der Waals surface area contributed by atoms with Crippen molar-refractivity contribution >= 4 is 5.91 Å². The van der Waals surface area contributed by atoms with E-state index < -0.39 is 0 Å². The molecule has 2 heterocycles. The van der Waals surface area contributed by atoms with Crippen molar-refractivity contribution in [2.75, 3.05) is 13.1 Å². The molecule has 0 bridgehead atoms. The quantitative estimate of drug-likeness (QED) is 0.809. The van der Waals surface area contributed by atoms with Crippen molar-refractivity contribution < 1.29 is 9.53 Å². The molecule has 1 aromatic heterocycles. The van der Waals surface area contributed by atoms with E-state index in [0.29, 0.717) is 24.5 Å². The van der Waals surface area contributed by atoms with Crippen LogP contribution in [0, 0.1) is 16.7 Å². The molecular formula is C14H17N3O2. The van der Waals surface area contributed by atoms with Crippen LogP contribution in [0.4, 0.5) is 0 Å². The molecule has 0 atom stereocenters. The first-order chi connectivity index (χ1) is 8.90. The fourth-order valence-electron chi connectivity index (χ4n) is 1.89. The summed E-state index contributed by atoms with van der Waals surface area (Å²) in [7, 11) is 0. The second-order valence-corrected chi connectivity index (χ2v) is 5.69. The third-order valence-corrected chi connectivity index (χ3v) is 2.93. The number of hydrogen-bond acceptors (Lipinski definition) is 4. The Hall–Kier alpha value is -2.09. The van der Waals surface area contributed by atoms with Gasteiger partial charge >= 0.3 is 0 Å². The highest BCUT2D eigenvalue weighted by atomic mass is 16.5. The monoisotopic (exact) mass is 259 g/mol. The summed E-state index contributed by atoms with van der Waals surface area (Å²) in [5.74, 6) is 0.763. The zero-order valence-corrected chi connectivity index (χ0v) is 11.4. The number of carbonyl (C=O) groups is 1. The minimum Gasteiger partial charge on any atom is -0.487 e. The van der Waals surface area contributed by atoms with Crippen molar-refractivity contribution in [3.8, 4) is 11.8 Å². The zero-order valence-electron chi connectivity index (χ0n) is 11.4. The summed E-state index contributed by atoms with van der Waals surface area (Å²) in [6.07, 6.45) is 1.55. The van der Waals surface area contributed by atoms with E-state index in [1.165, 1.54) is 0 Å². The highest BCUT2D eigenvalue weighted by Gasteiger charge is 2.37. The van der Waals surface area contributed by atoms with Gasteiger partial charge in [0.05, 0.1) is 13.1 Å². The molecule has 1 aliphatic heterocycles. The van der Waals surface area contributed by atoms with Crippen LogP contribution in [0.15, 0.2) is 18.3 Å². The predicted molar refractivity (Wildman–Crippen MR) is 69.4 cm³/mol. The van der Waals surface area contributed by atoms with E-state index in [4.69, 9.17) is 10.00 Å². The molecule has 19 heavy (non-hydrogen) atoms. The Labute approximate surface area is 112 Å². The van der Waals surface area contributed by atoms with E-state index in [9.17, 15) is 4.79 Å². The van der Waals surface area contributed by atoms with E-state index in [1.807, 2.05) is 26.8 Å². The first kappa shape index (κ1) is 13.3. The van der Waals surface area contributed by atoms with Crippen LogP contribution in [0.1, 0.15) is 26.5 Å². The Morgan fingerprint density at radius 1 is 1.53 bits per heavy atom. The van der Waals surface area contributed by atoms with Gasteiger partial charge in [0, 0.05) is 17.7 Å². The second-order valence-electron chi connectivity index (χ2n) is 5.69. The Morgan fingerprint density at radius 3 is 2.79 bits per heavy atom. The van der Waals surface area contributed by atoms with E-state index in [1.54, 1.807) is 23.2 Å². The van der Waals surface area contributed by atoms with Crippen LogP contribution in [0.3, 0.4) is 0 Å². The van der Waals surface area contributed by atoms with E-state index in [0.717, 1.165) is 0 Å². The summed E-state index contributed by atoms with van der Waals surface area (Å²) in [6.45, 7) is 6.92. The number of nitrogens with zero attached hydrogens (tertiary/aromatic N) is 3. The smallest absolute Gasteiger partial charge is 0.228 e. The Balaban J connectivity index is 1.88. The van der Waals surface area contributed by atoms with Gasteiger partial charge in [0.15, 0.2) is 0 Å². The molecule has 100 valence electrons. The minimum atomic E-state index is -0.352. The molecule has 0 spiro atoms. The van der Waals surface area contributed by atoms with Crippen LogP contribution >= 0.6 is 0 Å². The summed E-state index contributed by atoms with van der Waals surface area (Å²) in [4.78, 5) is 17.6. The maximum absolute atomic E-state index is 12.0. The van der Waals surface area contributed by atoms with Gasteiger partial charge in [-0.15, -0.1) is 0 Å². The van der Waals surface area contributed by atoms with Gasteiger partial charge in [-0.25, -0.2) is 4.98 Å². The van der Waals surface area contributed by atoms with Crippen LogP contribution in [-0.4, -0.2) is 35.0 Å². The first-order valence-corrected chi connectivity index (χ1v) is 6.22. The number of nitriles is 1. The predicted octanol–water partition coefficient (Wildman–Crippen LogP) is 1.59. The summed E-state index contributed by atoms with van der Waals surface area (Å²) in [6, 6.07) is 5.29. The van der Waals surface area contributed by atoms with Crippen LogP contribution in [0.5, 0.6) is 5.75 Å². The van der Waals surface area contributed by atoms with Gasteiger partial charge in [0.2, 0.25) is 5.91 Å². The normalized spacial score (nSPS) is 15.6. The Bertz CT molecular complexity index is 522. The number of likely N-dealkylation sites (tertiary alicyclic amines) is 1. The lowest BCUT2D eigenvalue weighted by molar-refractivity contribution is -0.148.